The summed E-state index contributed by atoms with van der Waals surface area (Å²) < 4.78 is 0.285. The van der Waals surface area contributed by atoms with Gasteiger partial charge in [-0.05, 0) is 31.1 Å². The van der Waals surface area contributed by atoms with Crippen molar-refractivity contribution in [3.8, 4) is 0 Å². The second-order valence-corrected chi connectivity index (χ2v) is 7.42. The fourth-order valence-electron chi connectivity index (χ4n) is 3.36. The molecule has 3 nitrogen and oxygen atoms in total. The number of amides is 1. The van der Waals surface area contributed by atoms with E-state index >= 15 is 0 Å². The van der Waals surface area contributed by atoms with Crippen LogP contribution in [0.25, 0.3) is 0 Å². The molecule has 3 rings (SSSR count). The molecule has 21 heavy (non-hydrogen) atoms. The molecule has 1 aliphatic heterocycles. The van der Waals surface area contributed by atoms with Crippen molar-refractivity contribution in [2.75, 3.05) is 12.8 Å². The first kappa shape index (κ1) is 14.9. The van der Waals surface area contributed by atoms with E-state index in [1.807, 2.05) is 30.0 Å². The highest BCUT2D eigenvalue weighted by Crippen LogP contribution is 2.45. The zero-order valence-corrected chi connectivity index (χ0v) is 13.7. The van der Waals surface area contributed by atoms with E-state index in [2.05, 4.69) is 35.5 Å². The zero-order chi connectivity index (χ0) is 14.9. The van der Waals surface area contributed by atoms with Crippen LogP contribution in [-0.4, -0.2) is 34.4 Å². The van der Waals surface area contributed by atoms with Crippen LogP contribution >= 0.6 is 11.8 Å². The molecule has 2 aliphatic rings. The Labute approximate surface area is 131 Å². The highest BCUT2D eigenvalue weighted by Gasteiger charge is 2.45. The third-order valence-electron chi connectivity index (χ3n) is 4.93. The van der Waals surface area contributed by atoms with Crippen LogP contribution in [0.5, 0.6) is 0 Å². The van der Waals surface area contributed by atoms with Crippen molar-refractivity contribution in [2.45, 2.75) is 49.6 Å². The normalized spacial score (nSPS) is 27.7. The lowest BCUT2D eigenvalue weighted by Crippen LogP contribution is -2.47. The number of carbonyl (C=O) groups is 1. The Morgan fingerprint density at radius 1 is 1.33 bits per heavy atom. The number of hydrogen-bond acceptors (Lipinski definition) is 3. The molecule has 1 N–H and O–H groups in total. The van der Waals surface area contributed by atoms with E-state index in [4.69, 9.17) is 0 Å². The molecular formula is C17H24N2OS. The van der Waals surface area contributed by atoms with Gasteiger partial charge in [-0.1, -0.05) is 43.7 Å². The van der Waals surface area contributed by atoms with Crippen molar-refractivity contribution in [2.24, 2.45) is 0 Å². The Hall–Kier alpha value is -1.00. The minimum Gasteiger partial charge on any atom is -0.320 e. The predicted octanol–water partition coefficient (Wildman–Crippen LogP) is 3.18. The molecule has 0 spiro atoms. The summed E-state index contributed by atoms with van der Waals surface area (Å²) in [7, 11) is 0. The lowest BCUT2D eigenvalue weighted by molar-refractivity contribution is -0.130. The summed E-state index contributed by atoms with van der Waals surface area (Å²) in [6, 6.07) is 10.3. The van der Waals surface area contributed by atoms with Gasteiger partial charge in [-0.3, -0.25) is 10.1 Å². The smallest absolute Gasteiger partial charge is 0.241 e. The van der Waals surface area contributed by atoms with Gasteiger partial charge in [-0.2, -0.15) is 11.8 Å². The molecule has 2 fully saturated rings. The first-order valence-electron chi connectivity index (χ1n) is 7.86. The average Bonchev–Trinajstić information content (AvgIpc) is 2.80. The van der Waals surface area contributed by atoms with Gasteiger partial charge in [0.05, 0.1) is 6.04 Å². The van der Waals surface area contributed by atoms with Gasteiger partial charge in [0.1, 0.15) is 6.17 Å². The SMILES string of the molecule is CCC1NC(c2ccccc2)N(CC2(SC)CCC2)C1=O. The van der Waals surface area contributed by atoms with Crippen LogP contribution in [0.1, 0.15) is 44.3 Å². The zero-order valence-electron chi connectivity index (χ0n) is 12.8. The van der Waals surface area contributed by atoms with Gasteiger partial charge in [0.15, 0.2) is 0 Å². The van der Waals surface area contributed by atoms with Crippen molar-refractivity contribution in [3.63, 3.8) is 0 Å². The van der Waals surface area contributed by atoms with Gasteiger partial charge in [-0.15, -0.1) is 0 Å². The Kier molecular flexibility index (Phi) is 4.27. The number of nitrogens with zero attached hydrogens (tertiary/aromatic N) is 1. The highest BCUT2D eigenvalue weighted by molar-refractivity contribution is 8.00. The molecule has 0 radical (unpaired) electrons. The van der Waals surface area contributed by atoms with Gasteiger partial charge < -0.3 is 4.90 Å². The second-order valence-electron chi connectivity index (χ2n) is 6.15. The third kappa shape index (κ3) is 2.71. The van der Waals surface area contributed by atoms with E-state index in [0.29, 0.717) is 0 Å². The molecule has 0 bridgehead atoms. The number of hydrogen-bond donors (Lipinski definition) is 1. The topological polar surface area (TPSA) is 32.3 Å². The molecule has 114 valence electrons. The summed E-state index contributed by atoms with van der Waals surface area (Å²) in [5.74, 6) is 0.270. The quantitative estimate of drug-likeness (QED) is 0.907. The fraction of sp³-hybridized carbons (Fsp3) is 0.588. The number of nitrogens with one attached hydrogen (secondary N) is 1. The summed E-state index contributed by atoms with van der Waals surface area (Å²) in [5.41, 5.74) is 1.19. The summed E-state index contributed by atoms with van der Waals surface area (Å²) in [4.78, 5) is 14.8. The van der Waals surface area contributed by atoms with Crippen LogP contribution in [0.4, 0.5) is 0 Å². The Bertz CT molecular complexity index is 495. The maximum atomic E-state index is 12.7. The summed E-state index contributed by atoms with van der Waals surface area (Å²) in [5, 5.41) is 3.52. The van der Waals surface area contributed by atoms with Crippen molar-refractivity contribution in [1.29, 1.82) is 0 Å². The fourth-order valence-corrected chi connectivity index (χ4v) is 4.33. The van der Waals surface area contributed by atoms with Gasteiger partial charge in [0, 0.05) is 11.3 Å². The summed E-state index contributed by atoms with van der Waals surface area (Å²) >= 11 is 1.93. The molecule has 1 aliphatic carbocycles. The van der Waals surface area contributed by atoms with Crippen LogP contribution in [-0.2, 0) is 4.79 Å². The van der Waals surface area contributed by atoms with Crippen LogP contribution in [0.2, 0.25) is 0 Å². The molecular weight excluding hydrogens is 280 g/mol. The first-order valence-corrected chi connectivity index (χ1v) is 9.08. The van der Waals surface area contributed by atoms with E-state index in [-0.39, 0.29) is 22.9 Å². The Morgan fingerprint density at radius 3 is 2.57 bits per heavy atom. The monoisotopic (exact) mass is 304 g/mol. The Balaban J connectivity index is 1.84. The van der Waals surface area contributed by atoms with Crippen LogP contribution in [0.15, 0.2) is 30.3 Å². The van der Waals surface area contributed by atoms with E-state index in [0.717, 1.165) is 13.0 Å². The predicted molar refractivity (Wildman–Crippen MR) is 88.2 cm³/mol. The van der Waals surface area contributed by atoms with Crippen molar-refractivity contribution < 1.29 is 4.79 Å². The lowest BCUT2D eigenvalue weighted by atomic mass is 9.83. The molecule has 1 amide bonds. The van der Waals surface area contributed by atoms with Gasteiger partial charge >= 0.3 is 0 Å². The van der Waals surface area contributed by atoms with Gasteiger partial charge in [-0.25, -0.2) is 0 Å². The molecule has 4 heteroatoms. The van der Waals surface area contributed by atoms with E-state index in [1.54, 1.807) is 0 Å². The highest BCUT2D eigenvalue weighted by atomic mass is 32.2. The van der Waals surface area contributed by atoms with Crippen LogP contribution in [0, 0.1) is 0 Å². The van der Waals surface area contributed by atoms with E-state index in [9.17, 15) is 4.79 Å². The maximum Gasteiger partial charge on any atom is 0.241 e. The van der Waals surface area contributed by atoms with Crippen LogP contribution in [0.3, 0.4) is 0 Å². The van der Waals surface area contributed by atoms with Gasteiger partial charge in [0.2, 0.25) is 5.91 Å². The number of thioether (sulfide) groups is 1. The second kappa shape index (κ2) is 6.01. The van der Waals surface area contributed by atoms with Crippen molar-refractivity contribution in [3.05, 3.63) is 35.9 Å². The molecule has 1 aromatic rings. The average molecular weight is 304 g/mol. The molecule has 1 saturated heterocycles. The van der Waals surface area contributed by atoms with E-state index < -0.39 is 0 Å². The molecule has 0 aromatic heterocycles. The number of carbonyl (C=O) groups excluding carboxylic acids is 1. The number of benzene rings is 1. The minimum atomic E-state index is -0.0332. The van der Waals surface area contributed by atoms with E-state index in [1.165, 1.54) is 24.8 Å². The molecule has 2 unspecified atom stereocenters. The molecule has 2 atom stereocenters. The molecule has 1 heterocycles. The Morgan fingerprint density at radius 2 is 2.05 bits per heavy atom. The van der Waals surface area contributed by atoms with Gasteiger partial charge in [0.25, 0.3) is 0 Å². The van der Waals surface area contributed by atoms with Crippen molar-refractivity contribution >= 4 is 17.7 Å². The molecule has 1 saturated carbocycles. The molecule has 1 aromatic carbocycles. The van der Waals surface area contributed by atoms with Crippen LogP contribution < -0.4 is 5.32 Å². The lowest BCUT2D eigenvalue weighted by Gasteiger charge is -2.44. The standard InChI is InChI=1S/C17H24N2OS/c1-3-14-16(20)19(12-17(21-2)10-7-11-17)15(18-14)13-8-5-4-6-9-13/h4-6,8-9,14-15,18H,3,7,10-12H2,1-2H3. The minimum absolute atomic E-state index is 0.0332. The number of rotatable bonds is 5. The largest absolute Gasteiger partial charge is 0.320 e. The first-order chi connectivity index (χ1) is 10.2. The maximum absolute atomic E-state index is 12.7. The third-order valence-corrected chi connectivity index (χ3v) is 6.34. The summed E-state index contributed by atoms with van der Waals surface area (Å²) in [6.45, 7) is 2.95. The summed E-state index contributed by atoms with van der Waals surface area (Å²) in [6.07, 6.45) is 6.83. The van der Waals surface area contributed by atoms with Crippen molar-refractivity contribution in [1.82, 2.24) is 10.2 Å².